The largest absolute Gasteiger partial charge is 0.351 e. The maximum Gasteiger partial charge on any atom is 0.220 e. The fraction of sp³-hybridized carbons (Fsp3) is 0.692. The highest BCUT2D eigenvalue weighted by Crippen LogP contribution is 2.27. The molecule has 1 aliphatic carbocycles. The Morgan fingerprint density at radius 2 is 2.24 bits per heavy atom. The smallest absolute Gasteiger partial charge is 0.220 e. The van der Waals surface area contributed by atoms with Crippen LogP contribution in [-0.2, 0) is 11.2 Å². The minimum Gasteiger partial charge on any atom is -0.351 e. The van der Waals surface area contributed by atoms with Gasteiger partial charge in [-0.2, -0.15) is 0 Å². The first-order valence-electron chi connectivity index (χ1n) is 6.47. The van der Waals surface area contributed by atoms with E-state index in [1.165, 1.54) is 19.3 Å². The van der Waals surface area contributed by atoms with E-state index < -0.39 is 0 Å². The average molecular weight is 235 g/mol. The van der Waals surface area contributed by atoms with Gasteiger partial charge in [0.2, 0.25) is 5.91 Å². The normalized spacial score (nSPS) is 18.9. The molecule has 0 aliphatic heterocycles. The number of aromatic nitrogens is 2. The van der Waals surface area contributed by atoms with Crippen LogP contribution in [0.2, 0.25) is 0 Å². The molecule has 2 N–H and O–H groups in total. The van der Waals surface area contributed by atoms with Crippen molar-refractivity contribution in [3.63, 3.8) is 0 Å². The summed E-state index contributed by atoms with van der Waals surface area (Å²) in [6.07, 6.45) is 10.7. The van der Waals surface area contributed by atoms with Crippen LogP contribution in [0.4, 0.5) is 0 Å². The number of hydrogen-bond donors (Lipinski definition) is 2. The highest BCUT2D eigenvalue weighted by Gasteiger charge is 2.27. The van der Waals surface area contributed by atoms with Crippen LogP contribution < -0.4 is 5.32 Å². The van der Waals surface area contributed by atoms with Crippen molar-refractivity contribution in [2.45, 2.75) is 57.4 Å². The third kappa shape index (κ3) is 3.58. The van der Waals surface area contributed by atoms with Crippen LogP contribution in [0.5, 0.6) is 0 Å². The molecule has 0 bridgehead atoms. The van der Waals surface area contributed by atoms with Crippen molar-refractivity contribution in [1.29, 1.82) is 0 Å². The van der Waals surface area contributed by atoms with Gasteiger partial charge in [0.1, 0.15) is 5.82 Å². The van der Waals surface area contributed by atoms with Crippen LogP contribution in [0.3, 0.4) is 0 Å². The Balaban J connectivity index is 1.76. The molecule has 1 aromatic heterocycles. The molecule has 1 aliphatic rings. The van der Waals surface area contributed by atoms with Crippen LogP contribution in [0.25, 0.3) is 0 Å². The summed E-state index contributed by atoms with van der Waals surface area (Å²) in [6.45, 7) is 2.16. The highest BCUT2D eigenvalue weighted by molar-refractivity contribution is 5.76. The van der Waals surface area contributed by atoms with E-state index in [2.05, 4.69) is 22.2 Å². The molecule has 1 aromatic rings. The second-order valence-corrected chi connectivity index (χ2v) is 5.21. The number of aryl methyl sites for hydroxylation is 1. The van der Waals surface area contributed by atoms with Crippen LogP contribution in [0.15, 0.2) is 12.4 Å². The molecule has 4 nitrogen and oxygen atoms in total. The van der Waals surface area contributed by atoms with Gasteiger partial charge in [-0.3, -0.25) is 4.79 Å². The Hall–Kier alpha value is -1.32. The predicted molar refractivity (Wildman–Crippen MR) is 66.5 cm³/mol. The maximum absolute atomic E-state index is 11.9. The number of rotatable bonds is 4. The second-order valence-electron chi connectivity index (χ2n) is 5.21. The zero-order chi connectivity index (χ0) is 12.1. The van der Waals surface area contributed by atoms with Crippen LogP contribution in [-0.4, -0.2) is 21.4 Å². The van der Waals surface area contributed by atoms with Gasteiger partial charge in [0, 0.05) is 30.8 Å². The Bertz CT molecular complexity index is 353. The van der Waals surface area contributed by atoms with E-state index in [4.69, 9.17) is 0 Å². The first-order valence-corrected chi connectivity index (χ1v) is 6.47. The van der Waals surface area contributed by atoms with Gasteiger partial charge in [0.05, 0.1) is 0 Å². The number of imidazole rings is 1. The molecule has 1 amide bonds. The molecule has 17 heavy (non-hydrogen) atoms. The standard InChI is InChI=1S/C13H21N3O/c1-13(7-3-2-4-8-13)16-12(17)6-5-11-14-9-10-15-11/h9-10H,2-8H2,1H3,(H,14,15)(H,16,17). The van der Waals surface area contributed by atoms with E-state index >= 15 is 0 Å². The minimum absolute atomic E-state index is 0.0263. The van der Waals surface area contributed by atoms with Crippen LogP contribution in [0, 0.1) is 0 Å². The Kier molecular flexibility index (Phi) is 3.82. The fourth-order valence-electron chi connectivity index (χ4n) is 2.52. The van der Waals surface area contributed by atoms with Crippen molar-refractivity contribution in [3.05, 3.63) is 18.2 Å². The summed E-state index contributed by atoms with van der Waals surface area (Å²) in [5.74, 6) is 1.03. The Labute approximate surface area is 102 Å². The van der Waals surface area contributed by atoms with E-state index in [0.29, 0.717) is 12.8 Å². The number of amides is 1. The zero-order valence-electron chi connectivity index (χ0n) is 10.5. The van der Waals surface area contributed by atoms with Gasteiger partial charge in [-0.15, -0.1) is 0 Å². The molecule has 4 heteroatoms. The van der Waals surface area contributed by atoms with E-state index in [1.807, 2.05) is 0 Å². The van der Waals surface area contributed by atoms with E-state index in [0.717, 1.165) is 18.7 Å². The lowest BCUT2D eigenvalue weighted by molar-refractivity contribution is -0.123. The lowest BCUT2D eigenvalue weighted by Crippen LogP contribution is -2.47. The predicted octanol–water partition coefficient (Wildman–Crippen LogP) is 2.18. The fourth-order valence-corrected chi connectivity index (χ4v) is 2.52. The first-order chi connectivity index (χ1) is 8.18. The first kappa shape index (κ1) is 12.1. The molecule has 1 heterocycles. The molecular weight excluding hydrogens is 214 g/mol. The third-order valence-corrected chi connectivity index (χ3v) is 3.54. The summed E-state index contributed by atoms with van der Waals surface area (Å²) in [6, 6.07) is 0. The summed E-state index contributed by atoms with van der Waals surface area (Å²) >= 11 is 0. The molecule has 0 aromatic carbocycles. The van der Waals surface area contributed by atoms with Crippen molar-refractivity contribution in [3.8, 4) is 0 Å². The summed E-state index contributed by atoms with van der Waals surface area (Å²) in [7, 11) is 0. The van der Waals surface area contributed by atoms with E-state index in [1.54, 1.807) is 12.4 Å². The van der Waals surface area contributed by atoms with Crippen molar-refractivity contribution in [1.82, 2.24) is 15.3 Å². The maximum atomic E-state index is 11.9. The van der Waals surface area contributed by atoms with E-state index in [9.17, 15) is 4.79 Å². The summed E-state index contributed by atoms with van der Waals surface area (Å²) < 4.78 is 0. The monoisotopic (exact) mass is 235 g/mol. The molecule has 1 fully saturated rings. The zero-order valence-corrected chi connectivity index (χ0v) is 10.5. The van der Waals surface area contributed by atoms with Gasteiger partial charge in [0.15, 0.2) is 0 Å². The van der Waals surface area contributed by atoms with Gasteiger partial charge >= 0.3 is 0 Å². The molecule has 0 radical (unpaired) electrons. The molecule has 1 saturated carbocycles. The molecule has 0 saturated heterocycles. The molecule has 0 atom stereocenters. The number of nitrogens with zero attached hydrogens (tertiary/aromatic N) is 1. The van der Waals surface area contributed by atoms with Crippen molar-refractivity contribution in [2.24, 2.45) is 0 Å². The third-order valence-electron chi connectivity index (χ3n) is 3.54. The van der Waals surface area contributed by atoms with E-state index in [-0.39, 0.29) is 11.4 Å². The number of carbonyl (C=O) groups is 1. The highest BCUT2D eigenvalue weighted by atomic mass is 16.1. The summed E-state index contributed by atoms with van der Waals surface area (Å²) in [5, 5.41) is 3.18. The molecule has 0 spiro atoms. The average Bonchev–Trinajstić information content (AvgIpc) is 2.79. The van der Waals surface area contributed by atoms with Gasteiger partial charge in [-0.05, 0) is 19.8 Å². The number of H-pyrrole nitrogens is 1. The topological polar surface area (TPSA) is 57.8 Å². The lowest BCUT2D eigenvalue weighted by Gasteiger charge is -2.34. The number of aromatic amines is 1. The SMILES string of the molecule is CC1(NC(=O)CCc2ncc[nH]2)CCCCC1. The van der Waals surface area contributed by atoms with Crippen molar-refractivity contribution >= 4 is 5.91 Å². The van der Waals surface area contributed by atoms with Crippen LogP contribution in [0.1, 0.15) is 51.3 Å². The minimum atomic E-state index is 0.0263. The van der Waals surface area contributed by atoms with Crippen molar-refractivity contribution < 1.29 is 4.79 Å². The Morgan fingerprint density at radius 3 is 2.88 bits per heavy atom. The molecular formula is C13H21N3O. The number of nitrogens with one attached hydrogen (secondary N) is 2. The van der Waals surface area contributed by atoms with Gasteiger partial charge in [-0.1, -0.05) is 19.3 Å². The Morgan fingerprint density at radius 1 is 1.47 bits per heavy atom. The summed E-state index contributed by atoms with van der Waals surface area (Å²) in [4.78, 5) is 19.0. The molecule has 0 unspecified atom stereocenters. The number of hydrogen-bond acceptors (Lipinski definition) is 2. The second kappa shape index (κ2) is 5.34. The van der Waals surface area contributed by atoms with Gasteiger partial charge < -0.3 is 10.3 Å². The molecule has 94 valence electrons. The van der Waals surface area contributed by atoms with Crippen molar-refractivity contribution in [2.75, 3.05) is 0 Å². The van der Waals surface area contributed by atoms with Gasteiger partial charge in [-0.25, -0.2) is 4.98 Å². The lowest BCUT2D eigenvalue weighted by atomic mass is 9.83. The van der Waals surface area contributed by atoms with Gasteiger partial charge in [0.25, 0.3) is 0 Å². The quantitative estimate of drug-likeness (QED) is 0.840. The van der Waals surface area contributed by atoms with Crippen LogP contribution >= 0.6 is 0 Å². The molecule has 2 rings (SSSR count). The summed E-state index contributed by atoms with van der Waals surface area (Å²) in [5.41, 5.74) is 0.0263. The number of carbonyl (C=O) groups excluding carboxylic acids is 1.